The second-order valence-corrected chi connectivity index (χ2v) is 7.31. The number of amides is 1. The van der Waals surface area contributed by atoms with Crippen molar-refractivity contribution in [3.8, 4) is 0 Å². The second-order valence-electron chi connectivity index (χ2n) is 4.84. The SMILES string of the molecule is CC(C)S(=O)(=O)c1ccccc1C(=O)NCCCCN.Cl. The van der Waals surface area contributed by atoms with Crippen LogP contribution in [-0.2, 0) is 9.84 Å². The maximum absolute atomic E-state index is 12.2. The number of hydrogen-bond donors (Lipinski definition) is 2. The number of sulfone groups is 1. The summed E-state index contributed by atoms with van der Waals surface area (Å²) in [7, 11) is -3.47. The van der Waals surface area contributed by atoms with E-state index in [2.05, 4.69) is 5.32 Å². The van der Waals surface area contributed by atoms with Gasteiger partial charge in [0, 0.05) is 6.54 Å². The number of nitrogens with one attached hydrogen (secondary N) is 1. The van der Waals surface area contributed by atoms with Gasteiger partial charge in [-0.15, -0.1) is 12.4 Å². The summed E-state index contributed by atoms with van der Waals surface area (Å²) < 4.78 is 24.5. The van der Waals surface area contributed by atoms with E-state index in [1.807, 2.05) is 0 Å². The molecule has 1 amide bonds. The number of hydrogen-bond acceptors (Lipinski definition) is 4. The average Bonchev–Trinajstić information content (AvgIpc) is 2.43. The van der Waals surface area contributed by atoms with Crippen molar-refractivity contribution < 1.29 is 13.2 Å². The summed E-state index contributed by atoms with van der Waals surface area (Å²) in [6.07, 6.45) is 1.60. The third-order valence-electron chi connectivity index (χ3n) is 2.98. The molecule has 1 rings (SSSR count). The number of carbonyl (C=O) groups excluding carboxylic acids is 1. The molecule has 0 saturated heterocycles. The first-order valence-corrected chi connectivity index (χ1v) is 8.27. The average molecular weight is 335 g/mol. The molecule has 5 nitrogen and oxygen atoms in total. The van der Waals surface area contributed by atoms with Crippen LogP contribution in [0.3, 0.4) is 0 Å². The zero-order valence-electron chi connectivity index (χ0n) is 12.3. The van der Waals surface area contributed by atoms with Crippen LogP contribution in [0.15, 0.2) is 29.2 Å². The first-order valence-electron chi connectivity index (χ1n) is 6.72. The Balaban J connectivity index is 0.00000400. The van der Waals surface area contributed by atoms with Gasteiger partial charge in [-0.05, 0) is 45.4 Å². The maximum atomic E-state index is 12.2. The first-order chi connectivity index (χ1) is 9.41. The fourth-order valence-corrected chi connectivity index (χ4v) is 2.97. The lowest BCUT2D eigenvalue weighted by molar-refractivity contribution is 0.0949. The number of halogens is 1. The van der Waals surface area contributed by atoms with Crippen molar-refractivity contribution in [3.05, 3.63) is 29.8 Å². The molecule has 0 fully saturated rings. The van der Waals surface area contributed by atoms with Gasteiger partial charge in [0.1, 0.15) is 0 Å². The number of rotatable bonds is 7. The van der Waals surface area contributed by atoms with Crippen LogP contribution in [0.1, 0.15) is 37.0 Å². The molecule has 1 aromatic rings. The molecule has 0 radical (unpaired) electrons. The molecule has 3 N–H and O–H groups in total. The summed E-state index contributed by atoms with van der Waals surface area (Å²) in [6.45, 7) is 4.27. The molecule has 1 aromatic carbocycles. The fraction of sp³-hybridized carbons (Fsp3) is 0.500. The maximum Gasteiger partial charge on any atom is 0.252 e. The highest BCUT2D eigenvalue weighted by atomic mass is 35.5. The van der Waals surface area contributed by atoms with Crippen LogP contribution in [0.4, 0.5) is 0 Å². The van der Waals surface area contributed by atoms with E-state index in [9.17, 15) is 13.2 Å². The number of benzene rings is 1. The summed E-state index contributed by atoms with van der Waals surface area (Å²) in [5.74, 6) is -0.359. The molecule has 0 heterocycles. The molecule has 120 valence electrons. The summed E-state index contributed by atoms with van der Waals surface area (Å²) >= 11 is 0. The number of unbranched alkanes of at least 4 members (excludes halogenated alkanes) is 1. The lowest BCUT2D eigenvalue weighted by Crippen LogP contribution is -2.27. The molecular formula is C14H23ClN2O3S. The van der Waals surface area contributed by atoms with E-state index in [0.29, 0.717) is 13.1 Å². The molecule has 0 atom stereocenters. The zero-order valence-corrected chi connectivity index (χ0v) is 14.0. The van der Waals surface area contributed by atoms with Crippen molar-refractivity contribution in [1.29, 1.82) is 0 Å². The molecule has 0 aliphatic heterocycles. The monoisotopic (exact) mass is 334 g/mol. The van der Waals surface area contributed by atoms with Crippen molar-refractivity contribution in [1.82, 2.24) is 5.32 Å². The van der Waals surface area contributed by atoms with E-state index in [1.54, 1.807) is 26.0 Å². The standard InChI is InChI=1S/C14H22N2O3S.ClH/c1-11(2)20(18,19)13-8-4-3-7-12(13)14(17)16-10-6-5-9-15;/h3-4,7-8,11H,5-6,9-10,15H2,1-2H3,(H,16,17);1H. The quantitative estimate of drug-likeness (QED) is 0.743. The van der Waals surface area contributed by atoms with Gasteiger partial charge in [-0.2, -0.15) is 0 Å². The van der Waals surface area contributed by atoms with Gasteiger partial charge in [0.2, 0.25) is 0 Å². The van der Waals surface area contributed by atoms with Gasteiger partial charge in [0.25, 0.3) is 5.91 Å². The van der Waals surface area contributed by atoms with E-state index in [4.69, 9.17) is 5.73 Å². The minimum Gasteiger partial charge on any atom is -0.352 e. The van der Waals surface area contributed by atoms with Gasteiger partial charge in [0.05, 0.1) is 15.7 Å². The Morgan fingerprint density at radius 1 is 1.24 bits per heavy atom. The second kappa shape index (κ2) is 9.02. The van der Waals surface area contributed by atoms with E-state index >= 15 is 0 Å². The smallest absolute Gasteiger partial charge is 0.252 e. The van der Waals surface area contributed by atoms with Gasteiger partial charge in [-0.1, -0.05) is 12.1 Å². The third kappa shape index (κ3) is 5.30. The van der Waals surface area contributed by atoms with Gasteiger partial charge in [-0.3, -0.25) is 4.79 Å². The molecule has 0 aliphatic rings. The Bertz CT molecular complexity index is 559. The van der Waals surface area contributed by atoms with Crippen LogP contribution in [0.25, 0.3) is 0 Å². The molecule has 7 heteroatoms. The van der Waals surface area contributed by atoms with Crippen LogP contribution in [0.5, 0.6) is 0 Å². The van der Waals surface area contributed by atoms with Crippen molar-refractivity contribution in [3.63, 3.8) is 0 Å². The van der Waals surface area contributed by atoms with E-state index < -0.39 is 15.1 Å². The van der Waals surface area contributed by atoms with E-state index in [0.717, 1.165) is 12.8 Å². The molecule has 0 aliphatic carbocycles. The van der Waals surface area contributed by atoms with Crippen molar-refractivity contribution in [2.24, 2.45) is 5.73 Å². The Kier molecular flexibility index (Phi) is 8.54. The largest absolute Gasteiger partial charge is 0.352 e. The lowest BCUT2D eigenvalue weighted by atomic mass is 10.2. The van der Waals surface area contributed by atoms with E-state index in [1.165, 1.54) is 12.1 Å². The molecule has 0 aromatic heterocycles. The highest BCUT2D eigenvalue weighted by Gasteiger charge is 2.24. The molecule has 0 saturated carbocycles. The van der Waals surface area contributed by atoms with Crippen LogP contribution in [0.2, 0.25) is 0 Å². The predicted octanol–water partition coefficient (Wildman–Crippen LogP) is 1.76. The van der Waals surface area contributed by atoms with E-state index in [-0.39, 0.29) is 28.8 Å². The number of carbonyl (C=O) groups is 1. The zero-order chi connectivity index (χ0) is 15.2. The Labute approximate surface area is 132 Å². The van der Waals surface area contributed by atoms with Crippen LogP contribution < -0.4 is 11.1 Å². The Hall–Kier alpha value is -1.11. The Morgan fingerprint density at radius 2 is 1.86 bits per heavy atom. The first kappa shape index (κ1) is 19.9. The molecule has 0 unspecified atom stereocenters. The highest BCUT2D eigenvalue weighted by molar-refractivity contribution is 7.92. The van der Waals surface area contributed by atoms with Crippen LogP contribution >= 0.6 is 12.4 Å². The minimum absolute atomic E-state index is 0. The van der Waals surface area contributed by atoms with Crippen LogP contribution in [0, 0.1) is 0 Å². The lowest BCUT2D eigenvalue weighted by Gasteiger charge is -2.12. The predicted molar refractivity (Wildman–Crippen MR) is 86.6 cm³/mol. The summed E-state index contributed by atoms with van der Waals surface area (Å²) in [6, 6.07) is 6.30. The topological polar surface area (TPSA) is 89.3 Å². The summed E-state index contributed by atoms with van der Waals surface area (Å²) in [5, 5.41) is 2.16. The van der Waals surface area contributed by atoms with Crippen molar-refractivity contribution >= 4 is 28.2 Å². The molecule has 0 bridgehead atoms. The molecule has 21 heavy (non-hydrogen) atoms. The Morgan fingerprint density at radius 3 is 2.43 bits per heavy atom. The normalized spacial score (nSPS) is 11.0. The summed E-state index contributed by atoms with van der Waals surface area (Å²) in [4.78, 5) is 12.2. The van der Waals surface area contributed by atoms with Gasteiger partial charge in [0.15, 0.2) is 9.84 Å². The molecule has 0 spiro atoms. The number of nitrogens with two attached hydrogens (primary N) is 1. The van der Waals surface area contributed by atoms with Crippen molar-refractivity contribution in [2.75, 3.05) is 13.1 Å². The van der Waals surface area contributed by atoms with Gasteiger partial charge < -0.3 is 11.1 Å². The van der Waals surface area contributed by atoms with Gasteiger partial charge >= 0.3 is 0 Å². The minimum atomic E-state index is -3.47. The third-order valence-corrected chi connectivity index (χ3v) is 5.19. The van der Waals surface area contributed by atoms with Gasteiger partial charge in [-0.25, -0.2) is 8.42 Å². The van der Waals surface area contributed by atoms with Crippen LogP contribution in [-0.4, -0.2) is 32.7 Å². The van der Waals surface area contributed by atoms with Crippen molar-refractivity contribution in [2.45, 2.75) is 36.8 Å². The molecular weight excluding hydrogens is 312 g/mol. The highest BCUT2D eigenvalue weighted by Crippen LogP contribution is 2.20. The fourth-order valence-electron chi connectivity index (χ4n) is 1.72. The summed E-state index contributed by atoms with van der Waals surface area (Å²) in [5.41, 5.74) is 5.58.